The lowest BCUT2D eigenvalue weighted by Gasteiger charge is -2.16. The summed E-state index contributed by atoms with van der Waals surface area (Å²) >= 11 is 0. The van der Waals surface area contributed by atoms with Crippen molar-refractivity contribution >= 4 is 0 Å². The Morgan fingerprint density at radius 3 is 2.64 bits per heavy atom. The molecule has 74 valence electrons. The Morgan fingerprint density at radius 2 is 2.07 bits per heavy atom. The lowest BCUT2D eigenvalue weighted by molar-refractivity contribution is 0.546. The molecule has 1 aromatic rings. The summed E-state index contributed by atoms with van der Waals surface area (Å²) in [4.78, 5) is 0. The highest BCUT2D eigenvalue weighted by molar-refractivity contribution is 5.25. The van der Waals surface area contributed by atoms with E-state index in [1.54, 1.807) is 0 Å². The van der Waals surface area contributed by atoms with Crippen LogP contribution in [0.5, 0.6) is 0 Å². The third-order valence-corrected chi connectivity index (χ3v) is 2.29. The molecule has 0 bridgehead atoms. The summed E-state index contributed by atoms with van der Waals surface area (Å²) in [5.74, 6) is 2.67. The molecule has 1 N–H and O–H groups in total. The first-order valence-electron chi connectivity index (χ1n) is 4.92. The fourth-order valence-corrected chi connectivity index (χ4v) is 1.46. The van der Waals surface area contributed by atoms with E-state index in [0.29, 0.717) is 6.04 Å². The fraction of sp³-hybridized carbons (Fsp3) is 0.385. The van der Waals surface area contributed by atoms with Gasteiger partial charge in [0.05, 0.1) is 6.04 Å². The average molecular weight is 187 g/mol. The number of benzene rings is 1. The monoisotopic (exact) mass is 187 g/mol. The van der Waals surface area contributed by atoms with Crippen LogP contribution in [0.3, 0.4) is 0 Å². The predicted molar refractivity (Wildman–Crippen MR) is 61.0 cm³/mol. The molecule has 0 amide bonds. The minimum atomic E-state index is 0.116. The van der Waals surface area contributed by atoms with Gasteiger partial charge in [-0.1, -0.05) is 35.7 Å². The lowest BCUT2D eigenvalue weighted by Crippen LogP contribution is -2.27. The summed E-state index contributed by atoms with van der Waals surface area (Å²) in [5.41, 5.74) is 2.57. The molecule has 0 aliphatic heterocycles. The first-order valence-corrected chi connectivity index (χ1v) is 4.92. The Hall–Kier alpha value is -1.26. The van der Waals surface area contributed by atoms with E-state index in [4.69, 9.17) is 6.42 Å². The molecule has 0 aromatic heterocycles. The largest absolute Gasteiger partial charge is 0.297 e. The maximum atomic E-state index is 5.32. The molecular weight excluding hydrogens is 170 g/mol. The molecule has 1 nitrogen and oxygen atoms in total. The summed E-state index contributed by atoms with van der Waals surface area (Å²) < 4.78 is 0. The van der Waals surface area contributed by atoms with Gasteiger partial charge in [0.25, 0.3) is 0 Å². The van der Waals surface area contributed by atoms with E-state index < -0.39 is 0 Å². The summed E-state index contributed by atoms with van der Waals surface area (Å²) in [7, 11) is 0. The van der Waals surface area contributed by atoms with Gasteiger partial charge in [-0.05, 0) is 26.3 Å². The van der Waals surface area contributed by atoms with Crippen molar-refractivity contribution in [3.8, 4) is 12.3 Å². The summed E-state index contributed by atoms with van der Waals surface area (Å²) in [6.07, 6.45) is 5.32. The molecule has 0 heterocycles. The van der Waals surface area contributed by atoms with Crippen LogP contribution in [0, 0.1) is 19.3 Å². The Labute approximate surface area is 86.5 Å². The highest BCUT2D eigenvalue weighted by Crippen LogP contribution is 2.13. The van der Waals surface area contributed by atoms with Crippen LogP contribution in [-0.2, 0) is 0 Å². The second kappa shape index (κ2) is 4.83. The minimum absolute atomic E-state index is 0.116. The molecule has 0 aliphatic rings. The first kappa shape index (κ1) is 10.8. The molecular formula is C13H17N. The highest BCUT2D eigenvalue weighted by atomic mass is 14.9. The zero-order valence-corrected chi connectivity index (χ0v) is 9.04. The Kier molecular flexibility index (Phi) is 3.73. The summed E-state index contributed by atoms with van der Waals surface area (Å²) in [6, 6.07) is 8.89. The maximum Gasteiger partial charge on any atom is 0.0662 e. The molecule has 0 saturated heterocycles. The van der Waals surface area contributed by atoms with Crippen molar-refractivity contribution in [2.45, 2.75) is 32.9 Å². The van der Waals surface area contributed by atoms with Gasteiger partial charge in [0.2, 0.25) is 0 Å². The van der Waals surface area contributed by atoms with Crippen LogP contribution in [0.4, 0.5) is 0 Å². The van der Waals surface area contributed by atoms with Crippen LogP contribution < -0.4 is 5.32 Å². The van der Waals surface area contributed by atoms with Gasteiger partial charge >= 0.3 is 0 Å². The van der Waals surface area contributed by atoms with Gasteiger partial charge in [0.15, 0.2) is 0 Å². The molecule has 0 saturated carbocycles. The molecule has 0 aliphatic carbocycles. The van der Waals surface area contributed by atoms with Crippen LogP contribution in [0.15, 0.2) is 24.3 Å². The molecule has 1 aromatic carbocycles. The molecule has 1 rings (SSSR count). The Bertz CT molecular complexity index is 335. The Morgan fingerprint density at radius 1 is 1.36 bits per heavy atom. The molecule has 2 atom stereocenters. The van der Waals surface area contributed by atoms with Crippen molar-refractivity contribution in [1.82, 2.24) is 5.32 Å². The average Bonchev–Trinajstić information content (AvgIpc) is 2.17. The SMILES string of the molecule is C#CC(C)N[C@H](C)c1cccc(C)c1. The zero-order chi connectivity index (χ0) is 10.6. The van der Waals surface area contributed by atoms with Crippen LogP contribution >= 0.6 is 0 Å². The first-order chi connectivity index (χ1) is 6.63. The molecule has 0 radical (unpaired) electrons. The normalized spacial score (nSPS) is 14.4. The molecule has 1 unspecified atom stereocenters. The van der Waals surface area contributed by atoms with Gasteiger partial charge in [0.1, 0.15) is 0 Å². The second-order valence-electron chi connectivity index (χ2n) is 3.69. The topological polar surface area (TPSA) is 12.0 Å². The molecule has 0 fully saturated rings. The van der Waals surface area contributed by atoms with E-state index in [-0.39, 0.29) is 6.04 Å². The Balaban J connectivity index is 2.70. The number of rotatable bonds is 3. The standard InChI is InChI=1S/C13H17N/c1-5-11(3)14-12(4)13-8-6-7-10(2)9-13/h1,6-9,11-12,14H,2-4H3/t11?,12-/m1/s1. The van der Waals surface area contributed by atoms with E-state index in [1.807, 2.05) is 6.92 Å². The van der Waals surface area contributed by atoms with Crippen molar-refractivity contribution in [1.29, 1.82) is 0 Å². The molecule has 1 heteroatoms. The third-order valence-electron chi connectivity index (χ3n) is 2.29. The van der Waals surface area contributed by atoms with E-state index in [0.717, 1.165) is 0 Å². The molecule has 14 heavy (non-hydrogen) atoms. The van der Waals surface area contributed by atoms with E-state index in [2.05, 4.69) is 49.4 Å². The van der Waals surface area contributed by atoms with Crippen LogP contribution in [0.1, 0.15) is 31.0 Å². The van der Waals surface area contributed by atoms with Gasteiger partial charge in [-0.3, -0.25) is 5.32 Å². The summed E-state index contributed by atoms with van der Waals surface area (Å²) in [5, 5.41) is 3.34. The van der Waals surface area contributed by atoms with Crippen molar-refractivity contribution in [2.24, 2.45) is 0 Å². The lowest BCUT2D eigenvalue weighted by atomic mass is 10.1. The molecule has 0 spiro atoms. The number of hydrogen-bond acceptors (Lipinski definition) is 1. The maximum absolute atomic E-state index is 5.32. The van der Waals surface area contributed by atoms with Crippen LogP contribution in [0.25, 0.3) is 0 Å². The highest BCUT2D eigenvalue weighted by Gasteiger charge is 2.06. The van der Waals surface area contributed by atoms with E-state index in [9.17, 15) is 0 Å². The van der Waals surface area contributed by atoms with E-state index >= 15 is 0 Å². The zero-order valence-electron chi connectivity index (χ0n) is 9.04. The summed E-state index contributed by atoms with van der Waals surface area (Å²) in [6.45, 7) is 6.22. The van der Waals surface area contributed by atoms with Crippen molar-refractivity contribution in [2.75, 3.05) is 0 Å². The number of terminal acetylenes is 1. The van der Waals surface area contributed by atoms with Gasteiger partial charge in [-0.25, -0.2) is 0 Å². The minimum Gasteiger partial charge on any atom is -0.297 e. The third kappa shape index (κ3) is 2.90. The second-order valence-corrected chi connectivity index (χ2v) is 3.69. The smallest absolute Gasteiger partial charge is 0.0662 e. The quantitative estimate of drug-likeness (QED) is 0.717. The van der Waals surface area contributed by atoms with Crippen LogP contribution in [-0.4, -0.2) is 6.04 Å². The van der Waals surface area contributed by atoms with Gasteiger partial charge in [-0.15, -0.1) is 6.42 Å². The number of hydrogen-bond donors (Lipinski definition) is 1. The number of nitrogens with one attached hydrogen (secondary N) is 1. The predicted octanol–water partition coefficient (Wildman–Crippen LogP) is 2.67. The van der Waals surface area contributed by atoms with E-state index in [1.165, 1.54) is 11.1 Å². The van der Waals surface area contributed by atoms with Gasteiger partial charge < -0.3 is 0 Å². The van der Waals surface area contributed by atoms with Crippen molar-refractivity contribution in [3.63, 3.8) is 0 Å². The van der Waals surface area contributed by atoms with Crippen LogP contribution in [0.2, 0.25) is 0 Å². The van der Waals surface area contributed by atoms with Gasteiger partial charge in [0, 0.05) is 6.04 Å². The van der Waals surface area contributed by atoms with Crippen molar-refractivity contribution < 1.29 is 0 Å². The van der Waals surface area contributed by atoms with Gasteiger partial charge in [-0.2, -0.15) is 0 Å². The van der Waals surface area contributed by atoms with Crippen molar-refractivity contribution in [3.05, 3.63) is 35.4 Å². The number of aryl methyl sites for hydroxylation is 1. The fourth-order valence-electron chi connectivity index (χ4n) is 1.46.